The number of ketones is 1. The number of nitrogens with zero attached hydrogens (tertiary/aromatic N) is 5. The number of fused-ring (bicyclic) bond motifs is 1. The molecule has 9 heteroatoms. The lowest BCUT2D eigenvalue weighted by atomic mass is 9.91. The molecule has 9 nitrogen and oxygen atoms in total. The van der Waals surface area contributed by atoms with Gasteiger partial charge >= 0.3 is 0 Å². The molecule has 1 amide bonds. The van der Waals surface area contributed by atoms with E-state index < -0.39 is 0 Å². The molecular formula is C30H30N6O3. The van der Waals surface area contributed by atoms with Crippen molar-refractivity contribution in [2.45, 2.75) is 64.3 Å². The Labute approximate surface area is 225 Å². The summed E-state index contributed by atoms with van der Waals surface area (Å²) in [5.74, 6) is 0.648. The highest BCUT2D eigenvalue weighted by Gasteiger charge is 2.27. The molecule has 1 aliphatic carbocycles. The number of aromatic nitrogens is 4. The Morgan fingerprint density at radius 1 is 1.00 bits per heavy atom. The minimum absolute atomic E-state index is 0.0676. The Balaban J connectivity index is 1.48. The van der Waals surface area contributed by atoms with Gasteiger partial charge in [0, 0.05) is 36.4 Å². The molecule has 0 atom stereocenters. The number of benzene rings is 2. The average molecular weight is 523 g/mol. The lowest BCUT2D eigenvalue weighted by molar-refractivity contribution is -0.121. The zero-order chi connectivity index (χ0) is 26.9. The first-order valence-electron chi connectivity index (χ1n) is 13.5. The van der Waals surface area contributed by atoms with Crippen LogP contribution in [0.15, 0.2) is 64.8 Å². The van der Waals surface area contributed by atoms with E-state index in [1.165, 1.54) is 6.33 Å². The van der Waals surface area contributed by atoms with Crippen LogP contribution in [0.1, 0.15) is 73.9 Å². The molecule has 0 unspecified atom stereocenters. The third-order valence-electron chi connectivity index (χ3n) is 7.70. The SMILES string of the molecule is CCCc1c(Cc2ccc(-c3ccccc3)c(C3=NNC(=O)C3)c2)c(=O)n(C2CCC(=O)CC2)c2ncnn12. The van der Waals surface area contributed by atoms with Crippen molar-refractivity contribution >= 4 is 23.2 Å². The van der Waals surface area contributed by atoms with Crippen LogP contribution in [0.3, 0.4) is 0 Å². The molecule has 39 heavy (non-hydrogen) atoms. The minimum atomic E-state index is -0.134. The molecular weight excluding hydrogens is 492 g/mol. The maximum absolute atomic E-state index is 14.2. The molecule has 0 spiro atoms. The number of hydrogen-bond donors (Lipinski definition) is 1. The Morgan fingerprint density at radius 2 is 1.79 bits per heavy atom. The van der Waals surface area contributed by atoms with Gasteiger partial charge < -0.3 is 0 Å². The monoisotopic (exact) mass is 522 g/mol. The number of hydrogen-bond acceptors (Lipinski definition) is 6. The molecule has 1 saturated carbocycles. The van der Waals surface area contributed by atoms with E-state index in [1.54, 1.807) is 9.08 Å². The fraction of sp³-hybridized carbons (Fsp3) is 0.333. The van der Waals surface area contributed by atoms with E-state index in [2.05, 4.69) is 27.5 Å². The molecule has 6 rings (SSSR count). The maximum atomic E-state index is 14.2. The number of carbonyl (C=O) groups is 2. The van der Waals surface area contributed by atoms with Crippen molar-refractivity contribution in [3.05, 3.63) is 87.6 Å². The Bertz CT molecular complexity index is 1660. The third kappa shape index (κ3) is 4.69. The second kappa shape index (κ2) is 10.4. The summed E-state index contributed by atoms with van der Waals surface area (Å²) in [4.78, 5) is 42.5. The van der Waals surface area contributed by atoms with Crippen LogP contribution in [0.25, 0.3) is 16.9 Å². The van der Waals surface area contributed by atoms with Gasteiger partial charge in [0.05, 0.1) is 17.8 Å². The predicted octanol–water partition coefficient (Wildman–Crippen LogP) is 4.01. The highest BCUT2D eigenvalue weighted by Crippen LogP contribution is 2.30. The molecule has 0 radical (unpaired) electrons. The Kier molecular flexibility index (Phi) is 6.64. The van der Waals surface area contributed by atoms with Gasteiger partial charge in [0.15, 0.2) is 0 Å². The molecule has 0 bridgehead atoms. The van der Waals surface area contributed by atoms with Crippen LogP contribution in [-0.2, 0) is 22.4 Å². The van der Waals surface area contributed by atoms with Crippen LogP contribution in [0.5, 0.6) is 0 Å². The molecule has 3 heterocycles. The first-order chi connectivity index (χ1) is 19.0. The van der Waals surface area contributed by atoms with Crippen molar-refractivity contribution < 1.29 is 9.59 Å². The molecule has 2 aromatic carbocycles. The Hall–Kier alpha value is -4.40. The largest absolute Gasteiger partial charge is 0.300 e. The van der Waals surface area contributed by atoms with Gasteiger partial charge in [-0.25, -0.2) is 9.94 Å². The zero-order valence-corrected chi connectivity index (χ0v) is 21.9. The number of hydrazone groups is 1. The molecule has 4 aromatic rings. The van der Waals surface area contributed by atoms with E-state index in [0.29, 0.717) is 55.6 Å². The number of carbonyl (C=O) groups excluding carboxylic acids is 2. The molecule has 0 saturated heterocycles. The normalized spacial score (nSPS) is 16.1. The number of nitrogens with one attached hydrogen (secondary N) is 1. The van der Waals surface area contributed by atoms with Crippen molar-refractivity contribution in [3.8, 4) is 11.1 Å². The fourth-order valence-corrected chi connectivity index (χ4v) is 5.79. The van der Waals surface area contributed by atoms with Gasteiger partial charge in [0.1, 0.15) is 12.1 Å². The van der Waals surface area contributed by atoms with Gasteiger partial charge in [-0.3, -0.25) is 19.0 Å². The van der Waals surface area contributed by atoms with E-state index in [9.17, 15) is 14.4 Å². The molecule has 1 N–H and O–H groups in total. The van der Waals surface area contributed by atoms with Crippen LogP contribution in [-0.4, -0.2) is 36.6 Å². The summed E-state index contributed by atoms with van der Waals surface area (Å²) < 4.78 is 3.57. The topological polar surface area (TPSA) is 111 Å². The molecule has 1 fully saturated rings. The van der Waals surface area contributed by atoms with Crippen molar-refractivity contribution in [1.82, 2.24) is 24.6 Å². The van der Waals surface area contributed by atoms with Crippen molar-refractivity contribution in [3.63, 3.8) is 0 Å². The van der Waals surface area contributed by atoms with E-state index in [-0.39, 0.29) is 29.7 Å². The van der Waals surface area contributed by atoms with Gasteiger partial charge in [-0.15, -0.1) is 0 Å². The maximum Gasteiger partial charge on any atom is 0.259 e. The van der Waals surface area contributed by atoms with Crippen LogP contribution >= 0.6 is 0 Å². The van der Waals surface area contributed by atoms with Crippen LogP contribution < -0.4 is 11.0 Å². The van der Waals surface area contributed by atoms with Gasteiger partial charge in [-0.1, -0.05) is 55.8 Å². The predicted molar refractivity (Wildman–Crippen MR) is 148 cm³/mol. The summed E-state index contributed by atoms with van der Waals surface area (Å²) >= 11 is 0. The quantitative estimate of drug-likeness (QED) is 0.394. The van der Waals surface area contributed by atoms with E-state index in [0.717, 1.165) is 34.4 Å². The van der Waals surface area contributed by atoms with Gasteiger partial charge in [0.2, 0.25) is 11.7 Å². The summed E-state index contributed by atoms with van der Waals surface area (Å²) in [5, 5.41) is 8.81. The first kappa shape index (κ1) is 24.9. The molecule has 198 valence electrons. The van der Waals surface area contributed by atoms with Crippen molar-refractivity contribution in [1.29, 1.82) is 0 Å². The van der Waals surface area contributed by atoms with Crippen molar-refractivity contribution in [2.24, 2.45) is 5.10 Å². The number of aryl methyl sites for hydroxylation is 1. The van der Waals surface area contributed by atoms with E-state index in [1.807, 2.05) is 48.5 Å². The summed E-state index contributed by atoms with van der Waals surface area (Å²) in [5.41, 5.74) is 8.58. The summed E-state index contributed by atoms with van der Waals surface area (Å²) in [6.07, 6.45) is 5.87. The highest BCUT2D eigenvalue weighted by molar-refractivity contribution is 6.16. The van der Waals surface area contributed by atoms with E-state index >= 15 is 0 Å². The summed E-state index contributed by atoms with van der Waals surface area (Å²) in [6.45, 7) is 2.08. The smallest absolute Gasteiger partial charge is 0.259 e. The van der Waals surface area contributed by atoms with Crippen molar-refractivity contribution in [2.75, 3.05) is 0 Å². The molecule has 1 aliphatic heterocycles. The van der Waals surface area contributed by atoms with Crippen LogP contribution in [0.4, 0.5) is 0 Å². The second-order valence-corrected chi connectivity index (χ2v) is 10.3. The fourth-order valence-electron chi connectivity index (χ4n) is 5.79. The summed E-state index contributed by atoms with van der Waals surface area (Å²) in [6, 6.07) is 16.1. The number of amides is 1. The van der Waals surface area contributed by atoms with Crippen LogP contribution in [0.2, 0.25) is 0 Å². The minimum Gasteiger partial charge on any atom is -0.300 e. The standard InChI is InChI=1S/C30H30N6O3/c1-2-6-27-25(29(39)35(30-31-18-32-36(27)30)21-10-12-22(37)13-11-21)16-19-9-14-23(20-7-4-3-5-8-20)24(15-19)26-17-28(38)34-33-26/h3-5,7-9,14-15,18,21H,2,6,10-13,16-17H2,1H3,(H,34,38). The van der Waals surface area contributed by atoms with Gasteiger partial charge in [0.25, 0.3) is 5.56 Å². The molecule has 2 aromatic heterocycles. The number of rotatable bonds is 7. The van der Waals surface area contributed by atoms with Crippen LogP contribution in [0, 0.1) is 0 Å². The number of Topliss-reactive ketones (excluding diaryl/α,β-unsaturated/α-hetero) is 1. The van der Waals surface area contributed by atoms with Gasteiger partial charge in [-0.05, 0) is 42.0 Å². The van der Waals surface area contributed by atoms with Gasteiger partial charge in [-0.2, -0.15) is 15.2 Å². The Morgan fingerprint density at radius 3 is 2.51 bits per heavy atom. The molecule has 2 aliphatic rings. The third-order valence-corrected chi connectivity index (χ3v) is 7.70. The lowest BCUT2D eigenvalue weighted by Gasteiger charge is -2.25. The zero-order valence-electron chi connectivity index (χ0n) is 21.9. The highest BCUT2D eigenvalue weighted by atomic mass is 16.2. The first-order valence-corrected chi connectivity index (χ1v) is 13.5. The summed E-state index contributed by atoms with van der Waals surface area (Å²) in [7, 11) is 0. The average Bonchev–Trinajstić information content (AvgIpc) is 3.61. The second-order valence-electron chi connectivity index (χ2n) is 10.3. The lowest BCUT2D eigenvalue weighted by Crippen LogP contribution is -2.34. The van der Waals surface area contributed by atoms with E-state index in [4.69, 9.17) is 0 Å².